The van der Waals surface area contributed by atoms with Gasteiger partial charge in [-0.3, -0.25) is 0 Å². The van der Waals surface area contributed by atoms with Crippen LogP contribution in [0.3, 0.4) is 0 Å². The molecule has 0 bridgehead atoms. The number of hydrogen-bond acceptors (Lipinski definition) is 2. The summed E-state index contributed by atoms with van der Waals surface area (Å²) >= 11 is 0. The van der Waals surface area contributed by atoms with E-state index in [1.165, 1.54) is 23.1 Å². The highest BCUT2D eigenvalue weighted by molar-refractivity contribution is 5.72. The van der Waals surface area contributed by atoms with Gasteiger partial charge in [-0.1, -0.05) is 54.6 Å². The Kier molecular flexibility index (Phi) is 4.79. The van der Waals surface area contributed by atoms with Gasteiger partial charge in [0, 0.05) is 13.1 Å². The molecule has 0 N–H and O–H groups in total. The molecule has 6 heteroatoms. The number of amides is 1. The number of nitrogens with zero attached hydrogens (tertiary/aromatic N) is 1. The van der Waals surface area contributed by atoms with E-state index in [1.807, 2.05) is 30.3 Å². The number of likely N-dealkylation sites (tertiary alicyclic amines) is 1. The summed E-state index contributed by atoms with van der Waals surface area (Å²) in [6.45, 7) is 0.728. The van der Waals surface area contributed by atoms with E-state index in [4.69, 9.17) is 4.74 Å². The molecule has 1 saturated heterocycles. The van der Waals surface area contributed by atoms with Crippen molar-refractivity contribution in [2.45, 2.75) is 12.8 Å². The predicted octanol–water partition coefficient (Wildman–Crippen LogP) is 4.74. The van der Waals surface area contributed by atoms with Gasteiger partial charge in [0.05, 0.1) is 5.56 Å². The highest BCUT2D eigenvalue weighted by Gasteiger charge is 2.33. The monoisotopic (exact) mass is 347 g/mol. The van der Waals surface area contributed by atoms with Crippen molar-refractivity contribution in [1.82, 2.24) is 4.90 Å². The summed E-state index contributed by atoms with van der Waals surface area (Å²) < 4.78 is 44.1. The lowest BCUT2D eigenvalue weighted by Crippen LogP contribution is -2.44. The van der Waals surface area contributed by atoms with Gasteiger partial charge >= 0.3 is 12.3 Å². The Morgan fingerprint density at radius 2 is 1.68 bits per heavy atom. The Morgan fingerprint density at radius 1 is 1.04 bits per heavy atom. The van der Waals surface area contributed by atoms with Crippen LogP contribution in [0, 0.1) is 0 Å². The van der Waals surface area contributed by atoms with Gasteiger partial charge in [0.2, 0.25) is 0 Å². The van der Waals surface area contributed by atoms with Crippen molar-refractivity contribution < 1.29 is 22.7 Å². The number of alkyl halides is 3. The molecule has 0 saturated carbocycles. The van der Waals surface area contributed by atoms with E-state index < -0.39 is 17.8 Å². The number of benzene rings is 2. The van der Waals surface area contributed by atoms with Gasteiger partial charge in [-0.2, -0.15) is 13.2 Å². The molecule has 25 heavy (non-hydrogen) atoms. The van der Waals surface area contributed by atoms with E-state index in [0.717, 1.165) is 17.2 Å². The summed E-state index contributed by atoms with van der Waals surface area (Å²) in [5, 5.41) is 0. The lowest BCUT2D eigenvalue weighted by Gasteiger charge is -2.33. The van der Waals surface area contributed by atoms with Crippen molar-refractivity contribution in [2.75, 3.05) is 13.1 Å². The molecule has 0 spiro atoms. The van der Waals surface area contributed by atoms with Gasteiger partial charge in [0.1, 0.15) is 6.61 Å². The maximum absolute atomic E-state index is 13.0. The highest BCUT2D eigenvalue weighted by atomic mass is 19.4. The number of carbonyl (C=O) groups excluding carboxylic acids is 1. The molecular formula is C19H16F3NO2. The third-order valence-electron chi connectivity index (χ3n) is 3.88. The van der Waals surface area contributed by atoms with Gasteiger partial charge < -0.3 is 9.64 Å². The summed E-state index contributed by atoms with van der Waals surface area (Å²) in [7, 11) is 0. The van der Waals surface area contributed by atoms with Crippen LogP contribution in [0.15, 0.2) is 60.2 Å². The lowest BCUT2D eigenvalue weighted by molar-refractivity contribution is -0.137. The molecule has 130 valence electrons. The Bertz CT molecular complexity index is 777. The Labute approximate surface area is 143 Å². The fourth-order valence-electron chi connectivity index (χ4n) is 2.58. The summed E-state index contributed by atoms with van der Waals surface area (Å²) in [5.74, 6) is 0. The smallest absolute Gasteiger partial charge is 0.416 e. The first-order chi connectivity index (χ1) is 11.9. The maximum Gasteiger partial charge on any atom is 0.416 e. The van der Waals surface area contributed by atoms with Gasteiger partial charge in [0.25, 0.3) is 0 Å². The number of rotatable bonds is 3. The van der Waals surface area contributed by atoms with Crippen LogP contribution in [-0.4, -0.2) is 24.1 Å². The fraction of sp³-hybridized carbons (Fsp3) is 0.211. The van der Waals surface area contributed by atoms with Crippen LogP contribution in [0.1, 0.15) is 16.7 Å². The van der Waals surface area contributed by atoms with Crippen molar-refractivity contribution in [3.05, 3.63) is 76.9 Å². The largest absolute Gasteiger partial charge is 0.445 e. The molecule has 1 aliphatic rings. The van der Waals surface area contributed by atoms with E-state index in [1.54, 1.807) is 6.07 Å². The SMILES string of the molecule is O=C(OCc1ccccc1)N1CC(=Cc2ccccc2C(F)(F)F)C1. The minimum absolute atomic E-state index is 0.113. The molecule has 1 aliphatic heterocycles. The second-order valence-electron chi connectivity index (χ2n) is 5.78. The van der Waals surface area contributed by atoms with Crippen LogP contribution in [0.5, 0.6) is 0 Å². The van der Waals surface area contributed by atoms with Crippen molar-refractivity contribution in [2.24, 2.45) is 0 Å². The Morgan fingerprint density at radius 3 is 2.36 bits per heavy atom. The average Bonchev–Trinajstić information content (AvgIpc) is 2.56. The molecule has 0 radical (unpaired) electrons. The third-order valence-corrected chi connectivity index (χ3v) is 3.88. The molecule has 1 fully saturated rings. The van der Waals surface area contributed by atoms with Gasteiger partial charge in [-0.15, -0.1) is 0 Å². The van der Waals surface area contributed by atoms with E-state index in [2.05, 4.69) is 0 Å². The molecule has 0 atom stereocenters. The Balaban J connectivity index is 1.57. The summed E-state index contributed by atoms with van der Waals surface area (Å²) in [4.78, 5) is 13.4. The number of halogens is 3. The fourth-order valence-corrected chi connectivity index (χ4v) is 2.58. The molecular weight excluding hydrogens is 331 g/mol. The van der Waals surface area contributed by atoms with Crippen LogP contribution in [0.25, 0.3) is 6.08 Å². The maximum atomic E-state index is 13.0. The minimum Gasteiger partial charge on any atom is -0.445 e. The van der Waals surface area contributed by atoms with E-state index in [9.17, 15) is 18.0 Å². The second kappa shape index (κ2) is 7.01. The van der Waals surface area contributed by atoms with Gasteiger partial charge in [0.15, 0.2) is 0 Å². The zero-order chi connectivity index (χ0) is 17.9. The second-order valence-corrected chi connectivity index (χ2v) is 5.78. The Hall–Kier alpha value is -2.76. The normalized spacial score (nSPS) is 14.0. The van der Waals surface area contributed by atoms with E-state index in [0.29, 0.717) is 0 Å². The summed E-state index contributed by atoms with van der Waals surface area (Å²) in [5.41, 5.74) is 1.08. The first-order valence-electron chi connectivity index (χ1n) is 7.75. The van der Waals surface area contributed by atoms with Crippen LogP contribution in [-0.2, 0) is 17.5 Å². The highest BCUT2D eigenvalue weighted by Crippen LogP contribution is 2.33. The number of carbonyl (C=O) groups is 1. The quantitative estimate of drug-likeness (QED) is 0.802. The molecule has 0 unspecified atom stereocenters. The van der Waals surface area contributed by atoms with Crippen LogP contribution < -0.4 is 0 Å². The van der Waals surface area contributed by atoms with Crippen molar-refractivity contribution in [3.63, 3.8) is 0 Å². The van der Waals surface area contributed by atoms with Crippen LogP contribution in [0.2, 0.25) is 0 Å². The molecule has 1 amide bonds. The molecule has 0 aromatic heterocycles. The van der Waals surface area contributed by atoms with Crippen LogP contribution >= 0.6 is 0 Å². The minimum atomic E-state index is -4.40. The van der Waals surface area contributed by atoms with Crippen molar-refractivity contribution >= 4 is 12.2 Å². The number of ether oxygens (including phenoxy) is 1. The molecule has 0 aliphatic carbocycles. The first kappa shape index (κ1) is 17.1. The zero-order valence-corrected chi connectivity index (χ0v) is 13.3. The van der Waals surface area contributed by atoms with Gasteiger partial charge in [-0.05, 0) is 22.8 Å². The number of hydrogen-bond donors (Lipinski definition) is 0. The molecule has 2 aromatic rings. The topological polar surface area (TPSA) is 29.5 Å². The van der Waals surface area contributed by atoms with Crippen molar-refractivity contribution in [1.29, 1.82) is 0 Å². The summed E-state index contributed by atoms with van der Waals surface area (Å²) in [6.07, 6.45) is -3.37. The average molecular weight is 347 g/mol. The zero-order valence-electron chi connectivity index (χ0n) is 13.3. The predicted molar refractivity (Wildman–Crippen MR) is 87.6 cm³/mol. The van der Waals surface area contributed by atoms with E-state index >= 15 is 0 Å². The molecule has 1 heterocycles. The first-order valence-corrected chi connectivity index (χ1v) is 7.75. The third kappa shape index (κ3) is 4.21. The standard InChI is InChI=1S/C19H16F3NO2/c20-19(21,22)17-9-5-4-8-16(17)10-15-11-23(12-15)18(24)25-13-14-6-2-1-3-7-14/h1-10H,11-13H2. The van der Waals surface area contributed by atoms with E-state index in [-0.39, 0.29) is 25.3 Å². The summed E-state index contributed by atoms with van der Waals surface area (Å²) in [6, 6.07) is 14.7. The molecule has 3 nitrogen and oxygen atoms in total. The lowest BCUT2D eigenvalue weighted by atomic mass is 10.0. The van der Waals surface area contributed by atoms with Crippen LogP contribution in [0.4, 0.5) is 18.0 Å². The molecule has 2 aromatic carbocycles. The molecule has 3 rings (SSSR count). The van der Waals surface area contributed by atoms with Gasteiger partial charge in [-0.25, -0.2) is 4.79 Å². The van der Waals surface area contributed by atoms with Crippen molar-refractivity contribution in [3.8, 4) is 0 Å².